The van der Waals surface area contributed by atoms with Gasteiger partial charge in [0.1, 0.15) is 11.6 Å². The summed E-state index contributed by atoms with van der Waals surface area (Å²) in [5.41, 5.74) is 5.98. The van der Waals surface area contributed by atoms with Gasteiger partial charge in [-0.15, -0.1) is 0 Å². The Morgan fingerprint density at radius 3 is 2.41 bits per heavy atom. The standard InChI is InChI=1S/C24H32N4S.CO2/c1-15(2)19-6-7-21(20(12-19)14-29)28-13-17(4)22-23(25-18(5)26-24(22)28)27-10-8-16(3)9-11-27;2-1-3/h6-7,12-13,15-16,29H,8-11,14H2,1-5H3;. The molecule has 2 aromatic heterocycles. The van der Waals surface area contributed by atoms with Crippen LogP contribution in [0.2, 0.25) is 0 Å². The zero-order valence-corrected chi connectivity index (χ0v) is 20.4. The van der Waals surface area contributed by atoms with Gasteiger partial charge in [0.2, 0.25) is 0 Å². The molecule has 0 atom stereocenters. The second kappa shape index (κ2) is 10.3. The minimum Gasteiger partial charge on any atom is -0.356 e. The Balaban J connectivity index is 0.000000913. The Hall–Kier alpha value is -2.63. The maximum Gasteiger partial charge on any atom is 0.373 e. The zero-order valence-electron chi connectivity index (χ0n) is 19.6. The average molecular weight is 453 g/mol. The maximum atomic E-state index is 8.12. The molecule has 7 heteroatoms. The third-order valence-corrected chi connectivity index (χ3v) is 6.55. The number of carbonyl (C=O) groups excluding carboxylic acids is 2. The van der Waals surface area contributed by atoms with E-state index in [4.69, 9.17) is 19.6 Å². The Morgan fingerprint density at radius 2 is 1.81 bits per heavy atom. The molecule has 1 aliphatic heterocycles. The van der Waals surface area contributed by atoms with Gasteiger partial charge in [0.15, 0.2) is 5.65 Å². The molecular formula is C25H32N4O2S. The number of hydrogen-bond donors (Lipinski definition) is 1. The summed E-state index contributed by atoms with van der Waals surface area (Å²) in [6.07, 6.45) is 4.92. The lowest BCUT2D eigenvalue weighted by atomic mass is 9.99. The first-order valence-corrected chi connectivity index (χ1v) is 11.8. The molecule has 6 nitrogen and oxygen atoms in total. The predicted molar refractivity (Wildman–Crippen MR) is 131 cm³/mol. The number of rotatable bonds is 4. The summed E-state index contributed by atoms with van der Waals surface area (Å²) >= 11 is 4.62. The van der Waals surface area contributed by atoms with Crippen LogP contribution in [-0.2, 0) is 15.3 Å². The Bertz CT molecular complexity index is 1120. The number of thiol groups is 1. The van der Waals surface area contributed by atoms with Gasteiger partial charge >= 0.3 is 6.15 Å². The van der Waals surface area contributed by atoms with E-state index < -0.39 is 0 Å². The molecule has 1 aromatic carbocycles. The highest BCUT2D eigenvalue weighted by molar-refractivity contribution is 7.79. The fourth-order valence-electron chi connectivity index (χ4n) is 4.35. The van der Waals surface area contributed by atoms with Gasteiger partial charge in [-0.25, -0.2) is 9.97 Å². The highest BCUT2D eigenvalue weighted by Gasteiger charge is 2.23. The highest BCUT2D eigenvalue weighted by atomic mass is 32.1. The maximum absolute atomic E-state index is 8.12. The van der Waals surface area contributed by atoms with E-state index in [0.717, 1.165) is 36.3 Å². The number of benzene rings is 1. The van der Waals surface area contributed by atoms with Crippen molar-refractivity contribution in [2.75, 3.05) is 18.0 Å². The number of piperidine rings is 1. The third-order valence-electron chi connectivity index (χ3n) is 6.21. The van der Waals surface area contributed by atoms with Crippen LogP contribution in [0.3, 0.4) is 0 Å². The van der Waals surface area contributed by atoms with Gasteiger partial charge in [-0.1, -0.05) is 32.9 Å². The van der Waals surface area contributed by atoms with Crippen molar-refractivity contribution in [2.24, 2.45) is 5.92 Å². The van der Waals surface area contributed by atoms with Gasteiger partial charge in [0.05, 0.1) is 11.1 Å². The van der Waals surface area contributed by atoms with Crippen LogP contribution >= 0.6 is 12.6 Å². The van der Waals surface area contributed by atoms with Gasteiger partial charge in [-0.05, 0) is 61.3 Å². The minimum atomic E-state index is 0.250. The van der Waals surface area contributed by atoms with E-state index >= 15 is 0 Å². The number of fused-ring (bicyclic) bond motifs is 1. The summed E-state index contributed by atoms with van der Waals surface area (Å²) in [6, 6.07) is 6.74. The molecule has 0 aliphatic carbocycles. The molecule has 0 unspecified atom stereocenters. The van der Waals surface area contributed by atoms with Crippen LogP contribution in [-0.4, -0.2) is 33.8 Å². The van der Waals surface area contributed by atoms with E-state index in [2.05, 4.69) is 74.2 Å². The van der Waals surface area contributed by atoms with E-state index in [1.807, 2.05) is 6.92 Å². The van der Waals surface area contributed by atoms with Crippen LogP contribution in [0, 0.1) is 19.8 Å². The van der Waals surface area contributed by atoms with Gasteiger partial charge in [-0.3, -0.25) is 0 Å². The van der Waals surface area contributed by atoms with E-state index in [1.54, 1.807) is 0 Å². The summed E-state index contributed by atoms with van der Waals surface area (Å²) in [5.74, 6) is 3.94. The number of anilines is 1. The van der Waals surface area contributed by atoms with Crippen LogP contribution in [0.5, 0.6) is 0 Å². The lowest BCUT2D eigenvalue weighted by molar-refractivity contribution is -0.191. The topological polar surface area (TPSA) is 68.1 Å². The van der Waals surface area contributed by atoms with Gasteiger partial charge < -0.3 is 9.47 Å². The van der Waals surface area contributed by atoms with E-state index in [-0.39, 0.29) is 6.15 Å². The van der Waals surface area contributed by atoms with Crippen molar-refractivity contribution in [3.63, 3.8) is 0 Å². The molecule has 0 radical (unpaired) electrons. The Labute approximate surface area is 195 Å². The van der Waals surface area contributed by atoms with E-state index in [0.29, 0.717) is 11.7 Å². The lowest BCUT2D eigenvalue weighted by Crippen LogP contribution is -2.33. The summed E-state index contributed by atoms with van der Waals surface area (Å²) < 4.78 is 2.24. The molecule has 1 fully saturated rings. The zero-order chi connectivity index (χ0) is 23.4. The molecule has 0 amide bonds. The molecule has 0 saturated carbocycles. The predicted octanol–water partition coefficient (Wildman–Crippen LogP) is 5.24. The van der Waals surface area contributed by atoms with Crippen molar-refractivity contribution in [1.82, 2.24) is 14.5 Å². The number of aryl methyl sites for hydroxylation is 2. The summed E-state index contributed by atoms with van der Waals surface area (Å²) in [4.78, 5) is 28.5. The molecule has 3 aromatic rings. The third kappa shape index (κ3) is 4.89. The van der Waals surface area contributed by atoms with Crippen molar-refractivity contribution >= 4 is 35.6 Å². The molecule has 1 aliphatic rings. The van der Waals surface area contributed by atoms with Crippen molar-refractivity contribution in [3.05, 3.63) is 46.9 Å². The average Bonchev–Trinajstić information content (AvgIpc) is 3.09. The molecule has 4 rings (SSSR count). The van der Waals surface area contributed by atoms with Crippen LogP contribution in [0.1, 0.15) is 62.0 Å². The number of hydrogen-bond acceptors (Lipinski definition) is 6. The SMILES string of the molecule is Cc1nc(N2CCC(C)CC2)c2c(C)cn(-c3ccc(C(C)C)cc3CS)c2n1.O=C=O. The molecule has 0 N–H and O–H groups in total. The molecule has 0 bridgehead atoms. The second-order valence-electron chi connectivity index (χ2n) is 8.93. The van der Waals surface area contributed by atoms with E-state index in [9.17, 15) is 0 Å². The van der Waals surface area contributed by atoms with Crippen LogP contribution in [0.25, 0.3) is 16.7 Å². The van der Waals surface area contributed by atoms with Crippen LogP contribution in [0.15, 0.2) is 24.4 Å². The molecule has 1 saturated heterocycles. The monoisotopic (exact) mass is 452 g/mol. The molecule has 170 valence electrons. The highest BCUT2D eigenvalue weighted by Crippen LogP contribution is 2.34. The van der Waals surface area contributed by atoms with Gasteiger partial charge in [-0.2, -0.15) is 22.2 Å². The molecule has 3 heterocycles. The first-order chi connectivity index (χ1) is 15.3. The summed E-state index contributed by atoms with van der Waals surface area (Å²) in [5, 5.41) is 1.18. The number of nitrogens with zero attached hydrogens (tertiary/aromatic N) is 4. The fraction of sp³-hybridized carbons (Fsp3) is 0.480. The van der Waals surface area contributed by atoms with E-state index in [1.165, 1.54) is 40.6 Å². The Kier molecular flexibility index (Phi) is 7.75. The quantitative estimate of drug-likeness (QED) is 0.548. The van der Waals surface area contributed by atoms with Crippen LogP contribution in [0.4, 0.5) is 5.82 Å². The van der Waals surface area contributed by atoms with Crippen molar-refractivity contribution in [2.45, 2.75) is 59.1 Å². The van der Waals surface area contributed by atoms with Gasteiger partial charge in [0.25, 0.3) is 0 Å². The fourth-order valence-corrected chi connectivity index (χ4v) is 4.60. The molecule has 32 heavy (non-hydrogen) atoms. The van der Waals surface area contributed by atoms with Gasteiger partial charge in [0, 0.05) is 25.0 Å². The Morgan fingerprint density at radius 1 is 1.16 bits per heavy atom. The minimum absolute atomic E-state index is 0.250. The molecular weight excluding hydrogens is 420 g/mol. The van der Waals surface area contributed by atoms with Crippen LogP contribution < -0.4 is 4.90 Å². The largest absolute Gasteiger partial charge is 0.373 e. The van der Waals surface area contributed by atoms with Crippen molar-refractivity contribution < 1.29 is 9.59 Å². The number of aromatic nitrogens is 3. The summed E-state index contributed by atoms with van der Waals surface area (Å²) in [7, 11) is 0. The lowest BCUT2D eigenvalue weighted by Gasteiger charge is -2.31. The summed E-state index contributed by atoms with van der Waals surface area (Å²) in [6.45, 7) is 13.1. The van der Waals surface area contributed by atoms with Crippen molar-refractivity contribution in [3.8, 4) is 5.69 Å². The smallest absolute Gasteiger partial charge is 0.356 e. The second-order valence-corrected chi connectivity index (χ2v) is 9.25. The normalized spacial score (nSPS) is 14.4. The van der Waals surface area contributed by atoms with Crippen molar-refractivity contribution in [1.29, 1.82) is 0 Å². The first kappa shape index (κ1) is 24.0. The first-order valence-electron chi connectivity index (χ1n) is 11.1. The molecule has 0 spiro atoms.